The van der Waals surface area contributed by atoms with Gasteiger partial charge in [-0.15, -0.1) is 0 Å². The zero-order chi connectivity index (χ0) is 11.8. The van der Waals surface area contributed by atoms with E-state index in [2.05, 4.69) is 5.43 Å². The highest BCUT2D eigenvalue weighted by Crippen LogP contribution is 2.17. The zero-order valence-electron chi connectivity index (χ0n) is 9.03. The molecule has 1 saturated heterocycles. The first-order valence-corrected chi connectivity index (χ1v) is 4.67. The van der Waals surface area contributed by atoms with Crippen LogP contribution in [0.4, 0.5) is 0 Å². The van der Waals surface area contributed by atoms with E-state index < -0.39 is 17.5 Å². The van der Waals surface area contributed by atoms with Crippen molar-refractivity contribution in [2.75, 3.05) is 0 Å². The van der Waals surface area contributed by atoms with Gasteiger partial charge < -0.3 is 5.73 Å². The highest BCUT2D eigenvalue weighted by molar-refractivity contribution is 5.97. The van der Waals surface area contributed by atoms with E-state index in [1.165, 1.54) is 6.92 Å². The van der Waals surface area contributed by atoms with Crippen LogP contribution in [0.2, 0.25) is 0 Å². The maximum Gasteiger partial charge on any atom is 0.259 e. The number of rotatable bonds is 2. The molecule has 84 valence electrons. The van der Waals surface area contributed by atoms with E-state index in [1.54, 1.807) is 13.8 Å². The highest BCUT2D eigenvalue weighted by Gasteiger charge is 2.41. The molecule has 1 heterocycles. The summed E-state index contributed by atoms with van der Waals surface area (Å²) >= 11 is 0. The molecule has 3 N–H and O–H groups in total. The lowest BCUT2D eigenvalue weighted by molar-refractivity contribution is -0.159. The fraction of sp³-hybridized carbons (Fsp3) is 0.667. The normalized spacial score (nSPS) is 22.7. The van der Waals surface area contributed by atoms with Gasteiger partial charge in [-0.25, -0.2) is 5.01 Å². The molecule has 1 aliphatic rings. The van der Waals surface area contributed by atoms with E-state index in [0.29, 0.717) is 0 Å². The Morgan fingerprint density at radius 3 is 2.53 bits per heavy atom. The smallest absolute Gasteiger partial charge is 0.259 e. The molecule has 0 saturated carbocycles. The van der Waals surface area contributed by atoms with Gasteiger partial charge in [0.15, 0.2) is 5.78 Å². The van der Waals surface area contributed by atoms with E-state index in [9.17, 15) is 14.4 Å². The van der Waals surface area contributed by atoms with Crippen molar-refractivity contribution in [2.24, 2.45) is 5.73 Å². The van der Waals surface area contributed by atoms with Crippen LogP contribution in [0.1, 0.15) is 27.2 Å². The number of carbonyl (C=O) groups is 3. The number of nitrogens with one attached hydrogen (secondary N) is 1. The first-order chi connectivity index (χ1) is 6.76. The molecule has 0 radical (unpaired) electrons. The van der Waals surface area contributed by atoms with Gasteiger partial charge in [-0.3, -0.25) is 19.8 Å². The Morgan fingerprint density at radius 1 is 1.53 bits per heavy atom. The Bertz CT molecular complexity index is 325. The van der Waals surface area contributed by atoms with Crippen molar-refractivity contribution in [3.8, 4) is 0 Å². The van der Waals surface area contributed by atoms with E-state index in [1.807, 2.05) is 0 Å². The third kappa shape index (κ3) is 1.99. The predicted octanol–water partition coefficient (Wildman–Crippen LogP) is -1.06. The predicted molar refractivity (Wildman–Crippen MR) is 52.3 cm³/mol. The van der Waals surface area contributed by atoms with Crippen LogP contribution in [-0.4, -0.2) is 34.2 Å². The molecule has 6 nitrogen and oxygen atoms in total. The molecule has 0 spiro atoms. The summed E-state index contributed by atoms with van der Waals surface area (Å²) in [5, 5.41) is 1.02. The lowest BCUT2D eigenvalue weighted by atomic mass is 9.97. The molecule has 2 amide bonds. The molecule has 1 aliphatic heterocycles. The second-order valence-electron chi connectivity index (χ2n) is 4.13. The van der Waals surface area contributed by atoms with E-state index in [4.69, 9.17) is 5.73 Å². The number of hydrogen-bond acceptors (Lipinski definition) is 4. The second kappa shape index (κ2) is 3.62. The summed E-state index contributed by atoms with van der Waals surface area (Å²) in [6, 6.07) is -0.864. The molecule has 0 aromatic rings. The highest BCUT2D eigenvalue weighted by atomic mass is 16.2. The van der Waals surface area contributed by atoms with Crippen molar-refractivity contribution in [1.29, 1.82) is 0 Å². The fourth-order valence-electron chi connectivity index (χ4n) is 1.25. The molecule has 1 fully saturated rings. The van der Waals surface area contributed by atoms with Crippen LogP contribution in [0, 0.1) is 0 Å². The molecule has 1 atom stereocenters. The largest absolute Gasteiger partial charge is 0.319 e. The maximum atomic E-state index is 11.7. The monoisotopic (exact) mass is 213 g/mol. The van der Waals surface area contributed by atoms with Crippen molar-refractivity contribution >= 4 is 17.6 Å². The summed E-state index contributed by atoms with van der Waals surface area (Å²) < 4.78 is 0. The first-order valence-electron chi connectivity index (χ1n) is 4.67. The van der Waals surface area contributed by atoms with Crippen LogP contribution in [-0.2, 0) is 14.4 Å². The van der Waals surface area contributed by atoms with Gasteiger partial charge in [-0.05, 0) is 20.8 Å². The van der Waals surface area contributed by atoms with Gasteiger partial charge in [-0.2, -0.15) is 0 Å². The molecule has 0 aliphatic carbocycles. The van der Waals surface area contributed by atoms with Gasteiger partial charge in [0.05, 0.1) is 12.5 Å². The van der Waals surface area contributed by atoms with Crippen LogP contribution < -0.4 is 11.2 Å². The first kappa shape index (κ1) is 11.6. The van der Waals surface area contributed by atoms with Gasteiger partial charge in [0, 0.05) is 0 Å². The fourth-order valence-corrected chi connectivity index (χ4v) is 1.25. The third-order valence-corrected chi connectivity index (χ3v) is 2.60. The molecular formula is C9H15N3O3. The van der Waals surface area contributed by atoms with Crippen molar-refractivity contribution in [2.45, 2.75) is 38.8 Å². The van der Waals surface area contributed by atoms with Crippen LogP contribution in [0.3, 0.4) is 0 Å². The Labute approximate surface area is 87.8 Å². The van der Waals surface area contributed by atoms with Crippen molar-refractivity contribution in [1.82, 2.24) is 10.4 Å². The topological polar surface area (TPSA) is 92.5 Å². The van der Waals surface area contributed by atoms with Gasteiger partial charge in [0.25, 0.3) is 5.91 Å². The molecule has 15 heavy (non-hydrogen) atoms. The Hall–Kier alpha value is -1.43. The average Bonchev–Trinajstić information content (AvgIpc) is 2.10. The molecule has 0 aromatic heterocycles. The SMILES string of the molecule is CC(=O)C(C)(C)N1NC(=O)CC(N)C1=O. The number of carbonyl (C=O) groups excluding carboxylic acids is 3. The Balaban J connectivity index is 2.98. The Kier molecular flexibility index (Phi) is 2.81. The number of ketones is 1. The summed E-state index contributed by atoms with van der Waals surface area (Å²) in [4.78, 5) is 34.2. The van der Waals surface area contributed by atoms with Gasteiger partial charge in [0.1, 0.15) is 5.54 Å². The standard InChI is InChI=1S/C9H15N3O3/c1-5(13)9(2,3)12-8(15)6(10)4-7(14)11-12/h6H,4,10H2,1-3H3,(H,11,14). The molecule has 1 rings (SSSR count). The van der Waals surface area contributed by atoms with Gasteiger partial charge >= 0.3 is 0 Å². The summed E-state index contributed by atoms with van der Waals surface area (Å²) in [5.74, 6) is -1.00. The molecule has 1 unspecified atom stereocenters. The number of amides is 2. The van der Waals surface area contributed by atoms with Crippen LogP contribution in [0.15, 0.2) is 0 Å². The van der Waals surface area contributed by atoms with Gasteiger partial charge in [0.2, 0.25) is 5.91 Å². The van der Waals surface area contributed by atoms with E-state index in [0.717, 1.165) is 5.01 Å². The van der Waals surface area contributed by atoms with E-state index in [-0.39, 0.29) is 18.1 Å². The summed E-state index contributed by atoms with van der Waals surface area (Å²) in [5.41, 5.74) is 6.79. The maximum absolute atomic E-state index is 11.7. The summed E-state index contributed by atoms with van der Waals surface area (Å²) in [6.07, 6.45) is -0.0384. The number of hydrogen-bond donors (Lipinski definition) is 2. The minimum atomic E-state index is -1.06. The lowest BCUT2D eigenvalue weighted by Crippen LogP contribution is -2.67. The lowest BCUT2D eigenvalue weighted by Gasteiger charge is -2.40. The average molecular weight is 213 g/mol. The van der Waals surface area contributed by atoms with Crippen LogP contribution in [0.5, 0.6) is 0 Å². The van der Waals surface area contributed by atoms with Crippen molar-refractivity contribution in [3.63, 3.8) is 0 Å². The number of nitrogens with two attached hydrogens (primary N) is 1. The Morgan fingerprint density at radius 2 is 2.07 bits per heavy atom. The molecule has 0 bridgehead atoms. The molecular weight excluding hydrogens is 198 g/mol. The summed E-state index contributed by atoms with van der Waals surface area (Å²) in [6.45, 7) is 4.48. The minimum absolute atomic E-state index is 0.0384. The summed E-state index contributed by atoms with van der Waals surface area (Å²) in [7, 11) is 0. The number of hydrazine groups is 1. The van der Waals surface area contributed by atoms with Crippen molar-refractivity contribution < 1.29 is 14.4 Å². The van der Waals surface area contributed by atoms with E-state index >= 15 is 0 Å². The zero-order valence-corrected chi connectivity index (χ0v) is 9.03. The second-order valence-corrected chi connectivity index (χ2v) is 4.13. The quantitative estimate of drug-likeness (QED) is 0.611. The molecule has 6 heteroatoms. The molecule has 0 aromatic carbocycles. The van der Waals surface area contributed by atoms with Crippen LogP contribution in [0.25, 0.3) is 0 Å². The van der Waals surface area contributed by atoms with Crippen LogP contribution >= 0.6 is 0 Å². The minimum Gasteiger partial charge on any atom is -0.319 e. The van der Waals surface area contributed by atoms with Gasteiger partial charge in [-0.1, -0.05) is 0 Å². The number of Topliss-reactive ketones (excluding diaryl/α,β-unsaturated/α-hetero) is 1. The number of nitrogens with zero attached hydrogens (tertiary/aromatic N) is 1. The van der Waals surface area contributed by atoms with Crippen molar-refractivity contribution in [3.05, 3.63) is 0 Å². The third-order valence-electron chi connectivity index (χ3n) is 2.60.